The predicted octanol–water partition coefficient (Wildman–Crippen LogP) is 4.29. The predicted molar refractivity (Wildman–Crippen MR) is 142 cm³/mol. The van der Waals surface area contributed by atoms with Crippen LogP contribution in [0, 0.1) is 5.92 Å². The smallest absolute Gasteiger partial charge is 0.350 e. The Labute approximate surface area is 219 Å². The second-order valence-corrected chi connectivity index (χ2v) is 9.43. The third-order valence-electron chi connectivity index (χ3n) is 5.67. The molecule has 0 bridgehead atoms. The van der Waals surface area contributed by atoms with Gasteiger partial charge in [-0.2, -0.15) is 0 Å². The standard InChI is InChI=1S/C28H28N2O6S/c31-24(32)16-17-28(27(35)36,29-23-14-8-3-9-15-23)30-25(33)22(18-20-10-4-1-5-11-20)19-37-26(34)21-12-6-2-7-13-21/h1-15,22,29H,16-19H2,(H,30,33)(H,31,32)(H,35,36)/t22?,28-/m0/s1. The number of aliphatic carboxylic acids is 2. The monoisotopic (exact) mass is 520 g/mol. The number of carboxylic acid groups (broad SMARTS) is 2. The van der Waals surface area contributed by atoms with Crippen LogP contribution >= 0.6 is 11.8 Å². The summed E-state index contributed by atoms with van der Waals surface area (Å²) in [6.45, 7) is 0. The zero-order valence-electron chi connectivity index (χ0n) is 20.0. The molecule has 0 spiro atoms. The number of carboxylic acids is 2. The van der Waals surface area contributed by atoms with Gasteiger partial charge < -0.3 is 20.8 Å². The fraction of sp³-hybridized carbons (Fsp3) is 0.214. The van der Waals surface area contributed by atoms with E-state index in [1.807, 2.05) is 30.3 Å². The van der Waals surface area contributed by atoms with Gasteiger partial charge in [-0.05, 0) is 24.1 Å². The van der Waals surface area contributed by atoms with E-state index < -0.39 is 42.3 Å². The van der Waals surface area contributed by atoms with Crippen LogP contribution in [0.5, 0.6) is 0 Å². The highest BCUT2D eigenvalue weighted by molar-refractivity contribution is 8.14. The molecule has 8 nitrogen and oxygen atoms in total. The minimum absolute atomic E-state index is 0.106. The van der Waals surface area contributed by atoms with Crippen LogP contribution in [-0.4, -0.2) is 44.6 Å². The largest absolute Gasteiger partial charge is 0.481 e. The van der Waals surface area contributed by atoms with Gasteiger partial charge in [-0.3, -0.25) is 14.4 Å². The van der Waals surface area contributed by atoms with Gasteiger partial charge in [-0.25, -0.2) is 4.79 Å². The molecule has 3 rings (SSSR count). The summed E-state index contributed by atoms with van der Waals surface area (Å²) in [6, 6.07) is 26.3. The lowest BCUT2D eigenvalue weighted by Crippen LogP contribution is -2.61. The van der Waals surface area contributed by atoms with Crippen molar-refractivity contribution >= 4 is 40.4 Å². The molecule has 4 N–H and O–H groups in total. The van der Waals surface area contributed by atoms with Crippen molar-refractivity contribution in [2.45, 2.75) is 24.9 Å². The number of rotatable bonds is 13. The normalized spacial score (nSPS) is 13.1. The summed E-state index contributed by atoms with van der Waals surface area (Å²) in [5.41, 5.74) is -0.319. The summed E-state index contributed by atoms with van der Waals surface area (Å²) in [7, 11) is 0. The first-order valence-electron chi connectivity index (χ1n) is 11.7. The van der Waals surface area contributed by atoms with E-state index in [2.05, 4.69) is 10.6 Å². The van der Waals surface area contributed by atoms with Crippen LogP contribution < -0.4 is 10.6 Å². The van der Waals surface area contributed by atoms with Gasteiger partial charge in [0.1, 0.15) is 0 Å². The van der Waals surface area contributed by atoms with E-state index in [0.717, 1.165) is 17.3 Å². The minimum Gasteiger partial charge on any atom is -0.481 e. The second-order valence-electron chi connectivity index (χ2n) is 8.44. The number of carbonyl (C=O) groups excluding carboxylic acids is 2. The minimum atomic E-state index is -2.07. The van der Waals surface area contributed by atoms with E-state index in [0.29, 0.717) is 11.3 Å². The second kappa shape index (κ2) is 13.3. The van der Waals surface area contributed by atoms with Crippen molar-refractivity contribution in [1.29, 1.82) is 0 Å². The number of anilines is 1. The first kappa shape index (κ1) is 27.5. The molecule has 9 heteroatoms. The molecule has 37 heavy (non-hydrogen) atoms. The molecule has 0 aromatic heterocycles. The van der Waals surface area contributed by atoms with Crippen LogP contribution in [0.1, 0.15) is 28.8 Å². The maximum Gasteiger partial charge on any atom is 0.350 e. The van der Waals surface area contributed by atoms with Gasteiger partial charge in [-0.15, -0.1) is 0 Å². The molecule has 0 heterocycles. The first-order valence-corrected chi connectivity index (χ1v) is 12.6. The molecule has 1 unspecified atom stereocenters. The molecule has 192 valence electrons. The fourth-order valence-corrected chi connectivity index (χ4v) is 4.63. The number of nitrogens with one attached hydrogen (secondary N) is 2. The Morgan fingerprint density at radius 2 is 1.38 bits per heavy atom. The summed E-state index contributed by atoms with van der Waals surface area (Å²) < 4.78 is 0. The molecule has 3 aromatic rings. The van der Waals surface area contributed by atoms with Crippen molar-refractivity contribution in [2.75, 3.05) is 11.1 Å². The molecule has 3 aromatic carbocycles. The van der Waals surface area contributed by atoms with Crippen LogP contribution in [0.4, 0.5) is 5.69 Å². The van der Waals surface area contributed by atoms with Gasteiger partial charge in [0.05, 0.1) is 5.92 Å². The number of carbonyl (C=O) groups is 4. The first-order chi connectivity index (χ1) is 17.8. The van der Waals surface area contributed by atoms with Gasteiger partial charge in [0, 0.05) is 29.8 Å². The summed E-state index contributed by atoms with van der Waals surface area (Å²) >= 11 is 0.980. The summed E-state index contributed by atoms with van der Waals surface area (Å²) in [6.07, 6.45) is -0.620. The van der Waals surface area contributed by atoms with Crippen LogP contribution in [-0.2, 0) is 20.8 Å². The highest BCUT2D eigenvalue weighted by atomic mass is 32.2. The van der Waals surface area contributed by atoms with E-state index >= 15 is 0 Å². The number of thioether (sulfide) groups is 1. The molecular formula is C28H28N2O6S. The van der Waals surface area contributed by atoms with Gasteiger partial charge in [0.15, 0.2) is 0 Å². The Balaban J connectivity index is 1.86. The highest BCUT2D eigenvalue weighted by Crippen LogP contribution is 2.23. The number of para-hydroxylation sites is 1. The Kier molecular flexibility index (Phi) is 9.85. The SMILES string of the molecule is O=C(O)CC[C@@](NC(=O)C(CSC(=O)c1ccccc1)Cc1ccccc1)(Nc1ccccc1)C(=O)O. The molecule has 2 atom stereocenters. The number of hydrogen-bond donors (Lipinski definition) is 4. The maximum absolute atomic E-state index is 13.6. The number of hydrogen-bond acceptors (Lipinski definition) is 6. The number of amides is 1. The summed E-state index contributed by atoms with van der Waals surface area (Å²) in [4.78, 5) is 50.1. The third kappa shape index (κ3) is 8.22. The quantitative estimate of drug-likeness (QED) is 0.245. The molecular weight excluding hydrogens is 492 g/mol. The van der Waals surface area contributed by atoms with Crippen molar-refractivity contribution in [3.8, 4) is 0 Å². The lowest BCUT2D eigenvalue weighted by molar-refractivity contribution is -0.148. The van der Waals surface area contributed by atoms with Gasteiger partial charge in [0.25, 0.3) is 0 Å². The van der Waals surface area contributed by atoms with E-state index in [9.17, 15) is 29.4 Å². The topological polar surface area (TPSA) is 133 Å². The summed E-state index contributed by atoms with van der Waals surface area (Å²) in [5.74, 6) is -3.87. The zero-order chi connectivity index (χ0) is 26.7. The molecule has 0 fully saturated rings. The maximum atomic E-state index is 13.6. The lowest BCUT2D eigenvalue weighted by atomic mass is 9.97. The highest BCUT2D eigenvalue weighted by Gasteiger charge is 2.42. The zero-order valence-corrected chi connectivity index (χ0v) is 20.8. The van der Waals surface area contributed by atoms with E-state index in [1.165, 1.54) is 0 Å². The summed E-state index contributed by atoms with van der Waals surface area (Å²) in [5, 5.41) is 24.6. The Hall–Kier alpha value is -4.11. The molecule has 0 aliphatic rings. The molecule has 0 aliphatic carbocycles. The van der Waals surface area contributed by atoms with Crippen LogP contribution in [0.3, 0.4) is 0 Å². The van der Waals surface area contributed by atoms with E-state index in [4.69, 9.17) is 0 Å². The van der Waals surface area contributed by atoms with E-state index in [-0.39, 0.29) is 17.3 Å². The Bertz CT molecular complexity index is 1210. The molecule has 0 saturated heterocycles. The fourth-order valence-electron chi connectivity index (χ4n) is 3.70. The van der Waals surface area contributed by atoms with Crippen LogP contribution in [0.25, 0.3) is 0 Å². The Morgan fingerprint density at radius 1 is 0.811 bits per heavy atom. The van der Waals surface area contributed by atoms with Crippen LogP contribution in [0.15, 0.2) is 91.0 Å². The number of benzene rings is 3. The molecule has 0 saturated carbocycles. The van der Waals surface area contributed by atoms with Gasteiger partial charge in [-0.1, -0.05) is 90.6 Å². The van der Waals surface area contributed by atoms with Crippen molar-refractivity contribution in [3.05, 3.63) is 102 Å². The average molecular weight is 521 g/mol. The van der Waals surface area contributed by atoms with Crippen molar-refractivity contribution in [3.63, 3.8) is 0 Å². The molecule has 1 amide bonds. The van der Waals surface area contributed by atoms with Crippen molar-refractivity contribution < 1.29 is 29.4 Å². The third-order valence-corrected chi connectivity index (χ3v) is 6.73. The van der Waals surface area contributed by atoms with Crippen LogP contribution in [0.2, 0.25) is 0 Å². The lowest BCUT2D eigenvalue weighted by Gasteiger charge is -2.33. The van der Waals surface area contributed by atoms with Gasteiger partial charge >= 0.3 is 11.9 Å². The molecule has 0 radical (unpaired) electrons. The Morgan fingerprint density at radius 3 is 1.95 bits per heavy atom. The van der Waals surface area contributed by atoms with Gasteiger partial charge in [0.2, 0.25) is 16.7 Å². The van der Waals surface area contributed by atoms with Crippen molar-refractivity contribution in [2.24, 2.45) is 5.92 Å². The average Bonchev–Trinajstić information content (AvgIpc) is 2.91. The van der Waals surface area contributed by atoms with Crippen molar-refractivity contribution in [1.82, 2.24) is 5.32 Å². The van der Waals surface area contributed by atoms with E-state index in [1.54, 1.807) is 60.7 Å². The molecule has 0 aliphatic heterocycles.